The van der Waals surface area contributed by atoms with Crippen molar-refractivity contribution in [3.63, 3.8) is 0 Å². The second kappa shape index (κ2) is 5.50. The zero-order valence-corrected chi connectivity index (χ0v) is 11.1. The summed E-state index contributed by atoms with van der Waals surface area (Å²) >= 11 is 0. The van der Waals surface area contributed by atoms with Gasteiger partial charge in [0.05, 0.1) is 6.10 Å². The van der Waals surface area contributed by atoms with Gasteiger partial charge in [-0.05, 0) is 43.6 Å². The van der Waals surface area contributed by atoms with Crippen LogP contribution in [-0.4, -0.2) is 37.2 Å². The van der Waals surface area contributed by atoms with Gasteiger partial charge in [-0.2, -0.15) is 0 Å². The summed E-state index contributed by atoms with van der Waals surface area (Å²) in [5.74, 6) is 2.44. The highest BCUT2D eigenvalue weighted by molar-refractivity contribution is 4.81. The quantitative estimate of drug-likeness (QED) is 0.716. The molecule has 4 atom stereocenters. The highest BCUT2D eigenvalue weighted by Gasteiger charge is 2.30. The second-order valence-electron chi connectivity index (χ2n) is 6.04. The zero-order valence-electron chi connectivity index (χ0n) is 11.1. The van der Waals surface area contributed by atoms with Gasteiger partial charge in [0.1, 0.15) is 0 Å². The molecule has 2 fully saturated rings. The summed E-state index contributed by atoms with van der Waals surface area (Å²) in [7, 11) is 0. The van der Waals surface area contributed by atoms with Crippen LogP contribution >= 0.6 is 0 Å². The summed E-state index contributed by atoms with van der Waals surface area (Å²) in [5.41, 5.74) is 0. The molecule has 2 aliphatic heterocycles. The van der Waals surface area contributed by atoms with E-state index in [1.54, 1.807) is 0 Å². The van der Waals surface area contributed by atoms with Crippen LogP contribution < -0.4 is 0 Å². The van der Waals surface area contributed by atoms with Crippen molar-refractivity contribution in [2.24, 2.45) is 17.8 Å². The molecule has 0 saturated carbocycles. The summed E-state index contributed by atoms with van der Waals surface area (Å²) in [6.07, 6.45) is 4.51. The Labute approximate surface area is 100 Å². The smallest absolute Gasteiger partial charge is 0.0729 e. The third-order valence-corrected chi connectivity index (χ3v) is 4.57. The predicted octanol–water partition coefficient (Wildman–Crippen LogP) is 2.78. The maximum Gasteiger partial charge on any atom is 0.0729 e. The molecular weight excluding hydrogens is 198 g/mol. The number of piperidine rings is 1. The van der Waals surface area contributed by atoms with Crippen molar-refractivity contribution in [2.45, 2.75) is 46.1 Å². The first-order chi connectivity index (χ1) is 7.66. The van der Waals surface area contributed by atoms with Gasteiger partial charge in [-0.15, -0.1) is 0 Å². The number of nitrogens with zero attached hydrogens (tertiary/aromatic N) is 1. The lowest BCUT2D eigenvalue weighted by Crippen LogP contribution is -2.45. The molecule has 0 bridgehead atoms. The Morgan fingerprint density at radius 1 is 1.19 bits per heavy atom. The number of ether oxygens (including phenoxy) is 1. The average molecular weight is 225 g/mol. The van der Waals surface area contributed by atoms with Crippen molar-refractivity contribution in [3.8, 4) is 0 Å². The van der Waals surface area contributed by atoms with Gasteiger partial charge in [-0.1, -0.05) is 20.8 Å². The molecule has 0 unspecified atom stereocenters. The van der Waals surface area contributed by atoms with Crippen molar-refractivity contribution in [2.75, 3.05) is 26.2 Å². The fourth-order valence-electron chi connectivity index (χ4n) is 3.11. The molecule has 0 aliphatic carbocycles. The second-order valence-corrected chi connectivity index (χ2v) is 6.04. The lowest BCUT2D eigenvalue weighted by atomic mass is 9.85. The summed E-state index contributed by atoms with van der Waals surface area (Å²) < 4.78 is 5.96. The van der Waals surface area contributed by atoms with Gasteiger partial charge in [-0.25, -0.2) is 0 Å². The highest BCUT2D eigenvalue weighted by atomic mass is 16.5. The van der Waals surface area contributed by atoms with Crippen molar-refractivity contribution in [1.29, 1.82) is 0 Å². The maximum atomic E-state index is 5.96. The Morgan fingerprint density at radius 2 is 2.00 bits per heavy atom. The average Bonchev–Trinajstić information content (AvgIpc) is 2.25. The molecule has 2 saturated heterocycles. The van der Waals surface area contributed by atoms with Crippen molar-refractivity contribution < 1.29 is 4.74 Å². The van der Waals surface area contributed by atoms with E-state index in [1.165, 1.54) is 32.4 Å². The van der Waals surface area contributed by atoms with E-state index >= 15 is 0 Å². The largest absolute Gasteiger partial charge is 0.377 e. The maximum absolute atomic E-state index is 5.96. The molecule has 0 aromatic carbocycles. The Morgan fingerprint density at radius 3 is 2.75 bits per heavy atom. The monoisotopic (exact) mass is 225 g/mol. The summed E-state index contributed by atoms with van der Waals surface area (Å²) in [4.78, 5) is 2.62. The van der Waals surface area contributed by atoms with Gasteiger partial charge in [0.25, 0.3) is 0 Å². The van der Waals surface area contributed by atoms with Crippen LogP contribution in [0.1, 0.15) is 40.0 Å². The molecule has 94 valence electrons. The van der Waals surface area contributed by atoms with Crippen molar-refractivity contribution >= 4 is 0 Å². The van der Waals surface area contributed by atoms with Gasteiger partial charge in [0.2, 0.25) is 0 Å². The molecule has 0 spiro atoms. The van der Waals surface area contributed by atoms with Crippen LogP contribution in [0.25, 0.3) is 0 Å². The van der Waals surface area contributed by atoms with Crippen LogP contribution in [0.15, 0.2) is 0 Å². The molecule has 2 heteroatoms. The van der Waals surface area contributed by atoms with E-state index in [1.807, 2.05) is 0 Å². The van der Waals surface area contributed by atoms with E-state index in [0.29, 0.717) is 6.10 Å². The van der Waals surface area contributed by atoms with E-state index in [2.05, 4.69) is 25.7 Å². The van der Waals surface area contributed by atoms with Crippen molar-refractivity contribution in [3.05, 3.63) is 0 Å². The molecule has 0 aromatic heterocycles. The number of rotatable bonds is 2. The first-order valence-electron chi connectivity index (χ1n) is 7.00. The fourth-order valence-corrected chi connectivity index (χ4v) is 3.11. The third-order valence-electron chi connectivity index (χ3n) is 4.57. The van der Waals surface area contributed by atoms with Gasteiger partial charge in [0.15, 0.2) is 0 Å². The minimum absolute atomic E-state index is 0.481. The summed E-state index contributed by atoms with van der Waals surface area (Å²) in [5, 5.41) is 0. The minimum atomic E-state index is 0.481. The summed E-state index contributed by atoms with van der Waals surface area (Å²) in [6, 6.07) is 0. The van der Waals surface area contributed by atoms with Gasteiger partial charge < -0.3 is 9.64 Å². The van der Waals surface area contributed by atoms with Crippen LogP contribution in [0.3, 0.4) is 0 Å². The molecule has 2 heterocycles. The first-order valence-corrected chi connectivity index (χ1v) is 7.00. The lowest BCUT2D eigenvalue weighted by molar-refractivity contribution is -0.0648. The molecule has 2 rings (SSSR count). The molecule has 0 aromatic rings. The van der Waals surface area contributed by atoms with E-state index < -0.39 is 0 Å². The predicted molar refractivity (Wildman–Crippen MR) is 67.5 cm³/mol. The molecule has 0 N–H and O–H groups in total. The Balaban J connectivity index is 1.83. The van der Waals surface area contributed by atoms with Crippen LogP contribution in [0.2, 0.25) is 0 Å². The first kappa shape index (κ1) is 12.4. The van der Waals surface area contributed by atoms with E-state index in [0.717, 1.165) is 30.9 Å². The molecule has 16 heavy (non-hydrogen) atoms. The number of likely N-dealkylation sites (tertiary alicyclic amines) is 1. The number of hydrogen-bond acceptors (Lipinski definition) is 2. The minimum Gasteiger partial charge on any atom is -0.377 e. The molecule has 2 aliphatic rings. The number of hydrogen-bond donors (Lipinski definition) is 0. The van der Waals surface area contributed by atoms with Gasteiger partial charge in [0, 0.05) is 19.7 Å². The Kier molecular flexibility index (Phi) is 4.26. The standard InChI is InChI=1S/C14H27NO/c1-11-5-4-7-15(9-11)10-14-13(3)12(2)6-8-16-14/h11-14H,4-10H2,1-3H3/t11-,12+,13-,14-/m1/s1. The van der Waals surface area contributed by atoms with E-state index in [-0.39, 0.29) is 0 Å². The molecule has 2 nitrogen and oxygen atoms in total. The normalized spacial score (nSPS) is 42.2. The molecule has 0 amide bonds. The van der Waals surface area contributed by atoms with E-state index in [4.69, 9.17) is 4.74 Å². The zero-order chi connectivity index (χ0) is 11.5. The SMILES string of the molecule is C[C@@H]1CCCN(C[C@H]2OCC[C@H](C)[C@H]2C)C1. The van der Waals surface area contributed by atoms with Crippen molar-refractivity contribution in [1.82, 2.24) is 4.90 Å². The van der Waals surface area contributed by atoms with Crippen LogP contribution in [-0.2, 0) is 4.74 Å². The van der Waals surface area contributed by atoms with Gasteiger partial charge >= 0.3 is 0 Å². The Hall–Kier alpha value is -0.0800. The molecule has 0 radical (unpaired) electrons. The Bertz CT molecular complexity index is 219. The van der Waals surface area contributed by atoms with Crippen LogP contribution in [0, 0.1) is 17.8 Å². The van der Waals surface area contributed by atoms with Crippen LogP contribution in [0.4, 0.5) is 0 Å². The van der Waals surface area contributed by atoms with Gasteiger partial charge in [-0.3, -0.25) is 0 Å². The van der Waals surface area contributed by atoms with Crippen LogP contribution in [0.5, 0.6) is 0 Å². The van der Waals surface area contributed by atoms with E-state index in [9.17, 15) is 0 Å². The fraction of sp³-hybridized carbons (Fsp3) is 1.00. The topological polar surface area (TPSA) is 12.5 Å². The molecular formula is C14H27NO. The highest BCUT2D eigenvalue weighted by Crippen LogP contribution is 2.27. The summed E-state index contributed by atoms with van der Waals surface area (Å²) in [6.45, 7) is 11.8. The lowest BCUT2D eigenvalue weighted by Gasteiger charge is -2.39. The third kappa shape index (κ3) is 2.98.